The molecule has 0 aliphatic rings. The predicted molar refractivity (Wildman–Crippen MR) is 49.6 cm³/mol. The minimum absolute atomic E-state index is 0.192. The molecule has 0 aromatic carbocycles. The number of nitrogens with one attached hydrogen (secondary N) is 2. The Morgan fingerprint density at radius 2 is 1.36 bits per heavy atom. The molecule has 2 rings (SSSR count). The molecule has 14 heavy (non-hydrogen) atoms. The standard InChI is InChI=1S/C4H2N6O2S2/c11-3-9-7-1(13-3)5-6-2-8-10-4(12)14-2/h(H,9,11)(H,10,12)/b6-5+. The normalized spacial score (nSPS) is 11.1. The number of aromatic nitrogens is 4. The van der Waals surface area contributed by atoms with E-state index in [9.17, 15) is 9.59 Å². The number of rotatable bonds is 2. The second-order valence-electron chi connectivity index (χ2n) is 1.99. The molecule has 0 aliphatic heterocycles. The maximum atomic E-state index is 10.6. The van der Waals surface area contributed by atoms with E-state index in [0.29, 0.717) is 0 Å². The van der Waals surface area contributed by atoms with E-state index in [2.05, 4.69) is 30.6 Å². The topological polar surface area (TPSA) is 116 Å². The molecule has 8 nitrogen and oxygen atoms in total. The molecule has 0 amide bonds. The van der Waals surface area contributed by atoms with Gasteiger partial charge in [-0.2, -0.15) is 0 Å². The van der Waals surface area contributed by atoms with E-state index < -0.39 is 0 Å². The Labute approximate surface area is 83.4 Å². The number of nitrogens with zero attached hydrogens (tertiary/aromatic N) is 4. The Morgan fingerprint density at radius 1 is 0.929 bits per heavy atom. The number of hydrogen-bond acceptors (Lipinski definition) is 8. The maximum Gasteiger partial charge on any atom is 0.324 e. The smallest absolute Gasteiger partial charge is 0.255 e. The van der Waals surface area contributed by atoms with Crippen LogP contribution in [0.2, 0.25) is 0 Å². The highest BCUT2D eigenvalue weighted by atomic mass is 32.1. The Bertz CT molecular complexity index is 510. The highest BCUT2D eigenvalue weighted by Crippen LogP contribution is 2.15. The van der Waals surface area contributed by atoms with Crippen LogP contribution in [0, 0.1) is 0 Å². The fraction of sp³-hybridized carbons (Fsp3) is 0. The van der Waals surface area contributed by atoms with Crippen molar-refractivity contribution in [2.75, 3.05) is 0 Å². The summed E-state index contributed by atoms with van der Waals surface area (Å²) in [6.07, 6.45) is 0. The fourth-order valence-electron chi connectivity index (χ4n) is 0.615. The van der Waals surface area contributed by atoms with Crippen LogP contribution in [0.5, 0.6) is 0 Å². The molecular formula is C4H2N6O2S2. The van der Waals surface area contributed by atoms with Gasteiger partial charge in [-0.15, -0.1) is 20.4 Å². The van der Waals surface area contributed by atoms with Gasteiger partial charge >= 0.3 is 9.75 Å². The van der Waals surface area contributed by atoms with Crippen molar-refractivity contribution in [2.24, 2.45) is 10.2 Å². The maximum absolute atomic E-state index is 10.6. The molecule has 2 N–H and O–H groups in total. The van der Waals surface area contributed by atoms with Crippen molar-refractivity contribution >= 4 is 32.9 Å². The molecule has 2 aromatic heterocycles. The van der Waals surface area contributed by atoms with E-state index in [-0.39, 0.29) is 20.0 Å². The SMILES string of the molecule is O=c1[nH]nc(/N=N/c2n[nH]c(=O)s2)s1. The van der Waals surface area contributed by atoms with Crippen molar-refractivity contribution in [1.29, 1.82) is 0 Å². The van der Waals surface area contributed by atoms with Gasteiger partial charge in [0, 0.05) is 0 Å². The highest BCUT2D eigenvalue weighted by molar-refractivity contribution is 7.13. The van der Waals surface area contributed by atoms with Gasteiger partial charge in [-0.3, -0.25) is 9.59 Å². The third kappa shape index (κ3) is 1.97. The van der Waals surface area contributed by atoms with Gasteiger partial charge in [-0.1, -0.05) is 0 Å². The number of hydrogen-bond donors (Lipinski definition) is 2. The zero-order chi connectivity index (χ0) is 9.97. The summed E-state index contributed by atoms with van der Waals surface area (Å²) in [6, 6.07) is 0. The van der Waals surface area contributed by atoms with Crippen LogP contribution in [-0.4, -0.2) is 20.4 Å². The first-order chi connectivity index (χ1) is 6.74. The quantitative estimate of drug-likeness (QED) is 0.726. The summed E-state index contributed by atoms with van der Waals surface area (Å²) < 4.78 is 0. The van der Waals surface area contributed by atoms with E-state index >= 15 is 0 Å². The first-order valence-corrected chi connectivity index (χ1v) is 4.90. The van der Waals surface area contributed by atoms with Crippen LogP contribution in [0.1, 0.15) is 0 Å². The van der Waals surface area contributed by atoms with Crippen molar-refractivity contribution < 1.29 is 0 Å². The molecule has 0 saturated heterocycles. The highest BCUT2D eigenvalue weighted by Gasteiger charge is 1.98. The fourth-order valence-corrected chi connectivity index (χ4v) is 1.48. The number of aromatic amines is 2. The van der Waals surface area contributed by atoms with Crippen molar-refractivity contribution in [3.8, 4) is 0 Å². The summed E-state index contributed by atoms with van der Waals surface area (Å²) >= 11 is 1.64. The van der Waals surface area contributed by atoms with E-state index in [0.717, 1.165) is 22.7 Å². The Morgan fingerprint density at radius 3 is 1.64 bits per heavy atom. The van der Waals surface area contributed by atoms with Gasteiger partial charge in [-0.25, -0.2) is 10.2 Å². The monoisotopic (exact) mass is 230 g/mol. The lowest BCUT2D eigenvalue weighted by molar-refractivity contribution is 1.01. The number of H-pyrrole nitrogens is 2. The zero-order valence-electron chi connectivity index (χ0n) is 6.42. The van der Waals surface area contributed by atoms with Crippen LogP contribution in [0.3, 0.4) is 0 Å². The number of azo groups is 1. The van der Waals surface area contributed by atoms with E-state index in [1.807, 2.05) is 0 Å². The van der Waals surface area contributed by atoms with Crippen LogP contribution in [-0.2, 0) is 0 Å². The van der Waals surface area contributed by atoms with Crippen molar-refractivity contribution in [3.63, 3.8) is 0 Å². The Kier molecular flexibility index (Phi) is 2.28. The predicted octanol–water partition coefficient (Wildman–Crippen LogP) is 0.392. The molecule has 2 heterocycles. The largest absolute Gasteiger partial charge is 0.324 e. The average molecular weight is 230 g/mol. The summed E-state index contributed by atoms with van der Waals surface area (Å²) in [4.78, 5) is 20.6. The second-order valence-corrected chi connectivity index (χ2v) is 3.87. The average Bonchev–Trinajstić information content (AvgIpc) is 2.72. The van der Waals surface area contributed by atoms with Gasteiger partial charge in [0.05, 0.1) is 0 Å². The molecule has 0 saturated carbocycles. The van der Waals surface area contributed by atoms with Crippen molar-refractivity contribution in [3.05, 3.63) is 19.3 Å². The first-order valence-electron chi connectivity index (χ1n) is 3.27. The molecule has 0 unspecified atom stereocenters. The minimum atomic E-state index is -0.311. The molecule has 72 valence electrons. The molecule has 0 radical (unpaired) electrons. The van der Waals surface area contributed by atoms with Crippen molar-refractivity contribution in [2.45, 2.75) is 0 Å². The Hall–Kier alpha value is -1.68. The summed E-state index contributed by atoms with van der Waals surface area (Å²) in [7, 11) is 0. The first kappa shape index (κ1) is 8.90. The van der Waals surface area contributed by atoms with Gasteiger partial charge < -0.3 is 0 Å². The van der Waals surface area contributed by atoms with Gasteiger partial charge in [0.2, 0.25) is 0 Å². The lowest BCUT2D eigenvalue weighted by atomic mass is 11.2. The second kappa shape index (κ2) is 3.59. The van der Waals surface area contributed by atoms with Crippen LogP contribution in [0.15, 0.2) is 19.8 Å². The molecule has 0 spiro atoms. The molecule has 0 atom stereocenters. The van der Waals surface area contributed by atoms with Crippen LogP contribution in [0.25, 0.3) is 0 Å². The van der Waals surface area contributed by atoms with E-state index in [1.165, 1.54) is 0 Å². The molecule has 0 fully saturated rings. The minimum Gasteiger partial charge on any atom is -0.255 e. The third-order valence-corrected chi connectivity index (χ3v) is 2.34. The lowest BCUT2D eigenvalue weighted by Gasteiger charge is -1.76. The van der Waals surface area contributed by atoms with Crippen LogP contribution >= 0.6 is 22.7 Å². The van der Waals surface area contributed by atoms with Gasteiger partial charge in [0.1, 0.15) is 0 Å². The van der Waals surface area contributed by atoms with Gasteiger partial charge in [0.25, 0.3) is 10.3 Å². The Balaban J connectivity index is 2.22. The lowest BCUT2D eigenvalue weighted by Crippen LogP contribution is -1.90. The van der Waals surface area contributed by atoms with E-state index in [4.69, 9.17) is 0 Å². The molecule has 0 bridgehead atoms. The summed E-state index contributed by atoms with van der Waals surface area (Å²) in [5, 5.41) is 19.0. The van der Waals surface area contributed by atoms with Gasteiger partial charge in [-0.05, 0) is 22.7 Å². The summed E-state index contributed by atoms with van der Waals surface area (Å²) in [6.45, 7) is 0. The molecule has 10 heteroatoms. The molecule has 2 aromatic rings. The molecule has 0 aliphatic carbocycles. The molecular weight excluding hydrogens is 228 g/mol. The summed E-state index contributed by atoms with van der Waals surface area (Å²) in [5.74, 6) is 0. The van der Waals surface area contributed by atoms with Crippen LogP contribution in [0.4, 0.5) is 10.3 Å². The van der Waals surface area contributed by atoms with Gasteiger partial charge in [0.15, 0.2) is 0 Å². The zero-order valence-corrected chi connectivity index (χ0v) is 8.05. The van der Waals surface area contributed by atoms with E-state index in [1.54, 1.807) is 0 Å². The summed E-state index contributed by atoms with van der Waals surface area (Å²) in [5.41, 5.74) is 0. The van der Waals surface area contributed by atoms with Crippen LogP contribution < -0.4 is 9.75 Å². The van der Waals surface area contributed by atoms with Crippen molar-refractivity contribution in [1.82, 2.24) is 20.4 Å². The third-order valence-electron chi connectivity index (χ3n) is 1.07.